The molecule has 0 aliphatic heterocycles. The Kier molecular flexibility index (Phi) is 5.10. The van der Waals surface area contributed by atoms with Gasteiger partial charge in [0.25, 0.3) is 0 Å². The minimum atomic E-state index is 0.232. The molecule has 1 N–H and O–H groups in total. The van der Waals surface area contributed by atoms with Crippen molar-refractivity contribution in [1.29, 1.82) is 0 Å². The Bertz CT molecular complexity index is 524. The average Bonchev–Trinajstić information content (AvgIpc) is 2.85. The van der Waals surface area contributed by atoms with Crippen molar-refractivity contribution in [3.05, 3.63) is 46.5 Å². The molecule has 102 valence electrons. The van der Waals surface area contributed by atoms with E-state index < -0.39 is 0 Å². The summed E-state index contributed by atoms with van der Waals surface area (Å²) in [7, 11) is 1.98. The zero-order valence-corrected chi connectivity index (χ0v) is 12.9. The van der Waals surface area contributed by atoms with Gasteiger partial charge < -0.3 is 5.32 Å². The molecule has 1 aromatic heterocycles. The number of benzene rings is 1. The van der Waals surface area contributed by atoms with E-state index in [1.165, 1.54) is 5.56 Å². The van der Waals surface area contributed by atoms with Gasteiger partial charge in [-0.05, 0) is 25.1 Å². The Morgan fingerprint density at radius 3 is 2.84 bits per heavy atom. The number of likely N-dealkylation sites (N-methyl/N-ethyl adjacent to an activating group) is 1. The minimum absolute atomic E-state index is 0.232. The Hall–Kier alpha value is -1.20. The number of aromatic nitrogens is 3. The van der Waals surface area contributed by atoms with Gasteiger partial charge in [-0.2, -0.15) is 5.10 Å². The van der Waals surface area contributed by atoms with Crippen molar-refractivity contribution in [2.45, 2.75) is 32.4 Å². The molecule has 2 aromatic rings. The van der Waals surface area contributed by atoms with Gasteiger partial charge in [0.15, 0.2) is 0 Å². The molecule has 1 aromatic carbocycles. The highest BCUT2D eigenvalue weighted by atomic mass is 79.9. The van der Waals surface area contributed by atoms with Gasteiger partial charge in [-0.3, -0.25) is 4.68 Å². The molecule has 0 aliphatic carbocycles. The second-order valence-corrected chi connectivity index (χ2v) is 5.32. The lowest BCUT2D eigenvalue weighted by Gasteiger charge is -2.18. The summed E-state index contributed by atoms with van der Waals surface area (Å²) < 4.78 is 3.11. The largest absolute Gasteiger partial charge is 0.313 e. The van der Waals surface area contributed by atoms with Gasteiger partial charge in [-0.25, -0.2) is 4.98 Å². The molecular weight excluding hydrogens is 304 g/mol. The first kappa shape index (κ1) is 14.2. The molecule has 19 heavy (non-hydrogen) atoms. The first-order valence-corrected chi connectivity index (χ1v) is 7.34. The lowest BCUT2D eigenvalue weighted by molar-refractivity contribution is 0.516. The smallest absolute Gasteiger partial charge is 0.138 e. The van der Waals surface area contributed by atoms with Gasteiger partial charge in [0.05, 0.1) is 0 Å². The van der Waals surface area contributed by atoms with E-state index in [9.17, 15) is 0 Å². The van der Waals surface area contributed by atoms with Gasteiger partial charge in [0.1, 0.15) is 12.2 Å². The third-order valence-electron chi connectivity index (χ3n) is 3.15. The van der Waals surface area contributed by atoms with Gasteiger partial charge >= 0.3 is 0 Å². The van der Waals surface area contributed by atoms with E-state index >= 15 is 0 Å². The van der Waals surface area contributed by atoms with Crippen LogP contribution in [0.4, 0.5) is 0 Å². The van der Waals surface area contributed by atoms with Crippen LogP contribution < -0.4 is 5.32 Å². The second kappa shape index (κ2) is 6.82. The number of hydrogen-bond acceptors (Lipinski definition) is 3. The summed E-state index contributed by atoms with van der Waals surface area (Å²) in [6.45, 7) is 3.07. The van der Waals surface area contributed by atoms with Crippen LogP contribution in [0.5, 0.6) is 0 Å². The molecule has 1 atom stereocenters. The molecule has 2 rings (SSSR count). The van der Waals surface area contributed by atoms with E-state index in [2.05, 4.69) is 56.5 Å². The van der Waals surface area contributed by atoms with E-state index in [1.807, 2.05) is 17.8 Å². The van der Waals surface area contributed by atoms with Crippen molar-refractivity contribution in [2.24, 2.45) is 0 Å². The van der Waals surface area contributed by atoms with Crippen LogP contribution in [0.2, 0.25) is 0 Å². The summed E-state index contributed by atoms with van der Waals surface area (Å²) in [5, 5.41) is 7.63. The summed E-state index contributed by atoms with van der Waals surface area (Å²) in [5.74, 6) is 1.02. The summed E-state index contributed by atoms with van der Waals surface area (Å²) >= 11 is 3.61. The third kappa shape index (κ3) is 3.42. The maximum atomic E-state index is 4.37. The van der Waals surface area contributed by atoms with Crippen molar-refractivity contribution in [2.75, 3.05) is 7.05 Å². The molecule has 0 aliphatic rings. The maximum Gasteiger partial charge on any atom is 0.138 e. The Morgan fingerprint density at radius 2 is 2.16 bits per heavy atom. The molecule has 0 amide bonds. The van der Waals surface area contributed by atoms with Crippen molar-refractivity contribution in [3.8, 4) is 0 Å². The van der Waals surface area contributed by atoms with E-state index in [0.29, 0.717) is 0 Å². The van der Waals surface area contributed by atoms with Crippen LogP contribution in [0.1, 0.15) is 30.8 Å². The van der Waals surface area contributed by atoms with Crippen molar-refractivity contribution in [3.63, 3.8) is 0 Å². The van der Waals surface area contributed by atoms with Gasteiger partial charge in [-0.15, -0.1) is 0 Å². The van der Waals surface area contributed by atoms with Crippen LogP contribution in [0, 0.1) is 0 Å². The van der Waals surface area contributed by atoms with Crippen LogP contribution in [-0.4, -0.2) is 21.8 Å². The highest BCUT2D eigenvalue weighted by Crippen LogP contribution is 2.25. The fourth-order valence-corrected chi connectivity index (χ4v) is 2.71. The van der Waals surface area contributed by atoms with Crippen LogP contribution in [0.3, 0.4) is 0 Å². The molecule has 0 fully saturated rings. The van der Waals surface area contributed by atoms with E-state index in [-0.39, 0.29) is 6.04 Å². The zero-order valence-electron chi connectivity index (χ0n) is 11.3. The SMILES string of the molecule is CCCn1ncnc1CC(NC)c1ccccc1Br. The predicted molar refractivity (Wildman–Crippen MR) is 80.0 cm³/mol. The minimum Gasteiger partial charge on any atom is -0.313 e. The fraction of sp³-hybridized carbons (Fsp3) is 0.429. The molecule has 5 heteroatoms. The number of rotatable bonds is 6. The monoisotopic (exact) mass is 322 g/mol. The Balaban J connectivity index is 2.19. The summed E-state index contributed by atoms with van der Waals surface area (Å²) in [6.07, 6.45) is 3.53. The quantitative estimate of drug-likeness (QED) is 0.889. The van der Waals surface area contributed by atoms with E-state index in [1.54, 1.807) is 6.33 Å². The highest BCUT2D eigenvalue weighted by molar-refractivity contribution is 9.10. The number of nitrogens with one attached hydrogen (secondary N) is 1. The molecular formula is C14H19BrN4. The topological polar surface area (TPSA) is 42.7 Å². The molecule has 0 bridgehead atoms. The highest BCUT2D eigenvalue weighted by Gasteiger charge is 2.16. The molecule has 1 unspecified atom stereocenters. The number of nitrogens with zero attached hydrogens (tertiary/aromatic N) is 3. The van der Waals surface area contributed by atoms with Gasteiger partial charge in [0, 0.05) is 23.5 Å². The van der Waals surface area contributed by atoms with Crippen LogP contribution in [0.15, 0.2) is 35.1 Å². The van der Waals surface area contributed by atoms with Crippen molar-refractivity contribution < 1.29 is 0 Å². The second-order valence-electron chi connectivity index (χ2n) is 4.47. The molecule has 0 spiro atoms. The normalized spacial score (nSPS) is 12.6. The first-order chi connectivity index (χ1) is 9.26. The third-order valence-corrected chi connectivity index (χ3v) is 3.87. The Labute approximate surface area is 122 Å². The number of aryl methyl sites for hydroxylation is 1. The number of hydrogen-bond donors (Lipinski definition) is 1. The van der Waals surface area contributed by atoms with Gasteiger partial charge in [0.2, 0.25) is 0 Å². The lowest BCUT2D eigenvalue weighted by atomic mass is 10.0. The maximum absolute atomic E-state index is 4.37. The van der Waals surface area contributed by atoms with E-state index in [4.69, 9.17) is 0 Å². The Morgan fingerprint density at radius 1 is 1.37 bits per heavy atom. The van der Waals surface area contributed by atoms with Crippen molar-refractivity contribution >= 4 is 15.9 Å². The van der Waals surface area contributed by atoms with E-state index in [0.717, 1.165) is 29.7 Å². The average molecular weight is 323 g/mol. The van der Waals surface area contributed by atoms with Crippen LogP contribution >= 0.6 is 15.9 Å². The van der Waals surface area contributed by atoms with Gasteiger partial charge in [-0.1, -0.05) is 41.1 Å². The molecule has 0 radical (unpaired) electrons. The molecule has 1 heterocycles. The summed E-state index contributed by atoms with van der Waals surface area (Å²) in [4.78, 5) is 4.37. The fourth-order valence-electron chi connectivity index (χ4n) is 2.15. The zero-order chi connectivity index (χ0) is 13.7. The standard InChI is InChI=1S/C14H19BrN4/c1-3-8-19-14(17-10-18-19)9-13(16-2)11-6-4-5-7-12(11)15/h4-7,10,13,16H,3,8-9H2,1-2H3. The molecule has 0 saturated carbocycles. The number of halogens is 1. The summed E-state index contributed by atoms with van der Waals surface area (Å²) in [5.41, 5.74) is 1.25. The van der Waals surface area contributed by atoms with Crippen molar-refractivity contribution in [1.82, 2.24) is 20.1 Å². The molecule has 4 nitrogen and oxygen atoms in total. The lowest BCUT2D eigenvalue weighted by Crippen LogP contribution is -2.21. The van der Waals surface area contributed by atoms with Crippen LogP contribution in [-0.2, 0) is 13.0 Å². The molecule has 0 saturated heterocycles. The predicted octanol–water partition coefficient (Wildman–Crippen LogP) is 2.95. The van der Waals surface area contributed by atoms with Crippen LogP contribution in [0.25, 0.3) is 0 Å². The first-order valence-electron chi connectivity index (χ1n) is 6.54. The summed E-state index contributed by atoms with van der Waals surface area (Å²) in [6, 6.07) is 8.51.